The number of piperazine rings is 1. The van der Waals surface area contributed by atoms with Gasteiger partial charge in [0.1, 0.15) is 6.04 Å². The fraction of sp³-hybridized carbons (Fsp3) is 0.364. The van der Waals surface area contributed by atoms with Crippen LogP contribution in [0.2, 0.25) is 0 Å². The minimum absolute atomic E-state index is 0.0380. The van der Waals surface area contributed by atoms with Gasteiger partial charge in [0.05, 0.1) is 0 Å². The molecule has 1 heterocycles. The molecule has 4 heteroatoms. The zero-order valence-corrected chi connectivity index (χ0v) is 15.9. The van der Waals surface area contributed by atoms with E-state index >= 15 is 0 Å². The fourth-order valence-electron chi connectivity index (χ4n) is 3.37. The molecule has 2 aromatic rings. The van der Waals surface area contributed by atoms with Crippen molar-refractivity contribution in [1.82, 2.24) is 10.2 Å². The monoisotopic (exact) mass is 350 g/mol. The van der Waals surface area contributed by atoms with E-state index in [1.165, 1.54) is 5.56 Å². The van der Waals surface area contributed by atoms with Gasteiger partial charge in [-0.25, -0.2) is 0 Å². The summed E-state index contributed by atoms with van der Waals surface area (Å²) in [6, 6.07) is 14.9. The van der Waals surface area contributed by atoms with Gasteiger partial charge in [-0.2, -0.15) is 0 Å². The highest BCUT2D eigenvalue weighted by Crippen LogP contribution is 2.28. The van der Waals surface area contributed by atoms with Crippen LogP contribution in [0.1, 0.15) is 53.9 Å². The van der Waals surface area contributed by atoms with Crippen molar-refractivity contribution in [1.29, 1.82) is 0 Å². The van der Waals surface area contributed by atoms with Crippen molar-refractivity contribution in [3.63, 3.8) is 0 Å². The number of hydrogen-bond donors (Lipinski definition) is 1. The quantitative estimate of drug-likeness (QED) is 0.899. The number of amides is 2. The average Bonchev–Trinajstić information content (AvgIpc) is 2.61. The summed E-state index contributed by atoms with van der Waals surface area (Å²) in [5.74, 6) is -0.223. The van der Waals surface area contributed by atoms with Crippen LogP contribution in [0.15, 0.2) is 48.5 Å². The van der Waals surface area contributed by atoms with Crippen molar-refractivity contribution in [3.8, 4) is 0 Å². The van der Waals surface area contributed by atoms with E-state index in [-0.39, 0.29) is 17.2 Å². The molecule has 0 spiro atoms. The SMILES string of the molecule is Cc1ccccc1C1C(=O)NCCN1C(=O)c1ccc(C(C)(C)C)cc1. The predicted octanol–water partition coefficient (Wildman–Crippen LogP) is 3.61. The van der Waals surface area contributed by atoms with Crippen molar-refractivity contribution in [2.75, 3.05) is 13.1 Å². The molecule has 4 nitrogen and oxygen atoms in total. The molecule has 0 radical (unpaired) electrons. The van der Waals surface area contributed by atoms with Crippen molar-refractivity contribution >= 4 is 11.8 Å². The van der Waals surface area contributed by atoms with Crippen molar-refractivity contribution in [2.45, 2.75) is 39.2 Å². The van der Waals surface area contributed by atoms with Crippen LogP contribution in [0.3, 0.4) is 0 Å². The third-order valence-corrected chi connectivity index (χ3v) is 4.95. The summed E-state index contributed by atoms with van der Waals surface area (Å²) in [4.78, 5) is 27.4. The Morgan fingerprint density at radius 1 is 1.08 bits per heavy atom. The average molecular weight is 350 g/mol. The van der Waals surface area contributed by atoms with Crippen LogP contribution >= 0.6 is 0 Å². The zero-order chi connectivity index (χ0) is 18.9. The first-order valence-electron chi connectivity index (χ1n) is 9.04. The molecule has 0 aromatic heterocycles. The minimum atomic E-state index is -0.584. The van der Waals surface area contributed by atoms with E-state index < -0.39 is 6.04 Å². The molecule has 2 amide bonds. The number of hydrogen-bond acceptors (Lipinski definition) is 2. The van der Waals surface area contributed by atoms with Crippen molar-refractivity contribution < 1.29 is 9.59 Å². The summed E-state index contributed by atoms with van der Waals surface area (Å²) in [5, 5.41) is 2.89. The highest BCUT2D eigenvalue weighted by molar-refractivity contribution is 5.98. The second kappa shape index (κ2) is 6.94. The molecule has 1 aliphatic heterocycles. The molecule has 0 bridgehead atoms. The van der Waals surface area contributed by atoms with Gasteiger partial charge >= 0.3 is 0 Å². The first kappa shape index (κ1) is 18.2. The lowest BCUT2D eigenvalue weighted by Crippen LogP contribution is -2.52. The normalized spacial score (nSPS) is 17.8. The molecule has 1 fully saturated rings. The van der Waals surface area contributed by atoms with E-state index in [2.05, 4.69) is 26.1 Å². The number of aryl methyl sites for hydroxylation is 1. The van der Waals surface area contributed by atoms with Crippen LogP contribution in [0, 0.1) is 6.92 Å². The Morgan fingerprint density at radius 3 is 2.35 bits per heavy atom. The lowest BCUT2D eigenvalue weighted by atomic mass is 9.86. The third-order valence-electron chi connectivity index (χ3n) is 4.95. The highest BCUT2D eigenvalue weighted by atomic mass is 16.2. The Kier molecular flexibility index (Phi) is 4.86. The number of carbonyl (C=O) groups is 2. The largest absolute Gasteiger partial charge is 0.352 e. The summed E-state index contributed by atoms with van der Waals surface area (Å²) < 4.78 is 0. The Morgan fingerprint density at radius 2 is 1.73 bits per heavy atom. The van der Waals surface area contributed by atoms with Crippen LogP contribution in [0.25, 0.3) is 0 Å². The third kappa shape index (κ3) is 3.50. The molecule has 1 aliphatic rings. The maximum atomic E-state index is 13.1. The van der Waals surface area contributed by atoms with Gasteiger partial charge in [0.25, 0.3) is 5.91 Å². The first-order valence-corrected chi connectivity index (χ1v) is 9.04. The van der Waals surface area contributed by atoms with Gasteiger partial charge in [-0.15, -0.1) is 0 Å². The van der Waals surface area contributed by atoms with Crippen LogP contribution < -0.4 is 5.32 Å². The van der Waals surface area contributed by atoms with Gasteiger partial charge in [-0.05, 0) is 41.2 Å². The molecule has 1 atom stereocenters. The van der Waals surface area contributed by atoms with E-state index in [4.69, 9.17) is 0 Å². The van der Waals surface area contributed by atoms with Crippen LogP contribution in [-0.4, -0.2) is 29.8 Å². The Hall–Kier alpha value is -2.62. The van der Waals surface area contributed by atoms with Gasteiger partial charge in [-0.1, -0.05) is 57.2 Å². The van der Waals surface area contributed by atoms with E-state index in [0.29, 0.717) is 18.7 Å². The smallest absolute Gasteiger partial charge is 0.254 e. The topological polar surface area (TPSA) is 49.4 Å². The zero-order valence-electron chi connectivity index (χ0n) is 15.9. The van der Waals surface area contributed by atoms with Crippen LogP contribution in [0.4, 0.5) is 0 Å². The van der Waals surface area contributed by atoms with Crippen molar-refractivity contribution in [2.24, 2.45) is 0 Å². The molecular weight excluding hydrogens is 324 g/mol. The minimum Gasteiger partial charge on any atom is -0.352 e. The van der Waals surface area contributed by atoms with Gasteiger partial charge in [0.15, 0.2) is 0 Å². The first-order chi connectivity index (χ1) is 12.3. The Bertz CT molecular complexity index is 819. The second-order valence-corrected chi connectivity index (χ2v) is 7.88. The number of nitrogens with zero attached hydrogens (tertiary/aromatic N) is 1. The molecule has 1 saturated heterocycles. The molecule has 136 valence electrons. The summed E-state index contributed by atoms with van der Waals surface area (Å²) in [6.07, 6.45) is 0. The maximum absolute atomic E-state index is 13.1. The van der Waals surface area contributed by atoms with E-state index in [1.807, 2.05) is 55.5 Å². The number of carbonyl (C=O) groups excluding carboxylic acids is 2. The fourth-order valence-corrected chi connectivity index (χ4v) is 3.37. The number of nitrogens with one attached hydrogen (secondary N) is 1. The van der Waals surface area contributed by atoms with E-state index in [9.17, 15) is 9.59 Å². The molecule has 3 rings (SSSR count). The lowest BCUT2D eigenvalue weighted by molar-refractivity contribution is -0.128. The van der Waals surface area contributed by atoms with Crippen LogP contribution in [-0.2, 0) is 10.2 Å². The molecule has 2 aromatic carbocycles. The Balaban J connectivity index is 1.93. The van der Waals surface area contributed by atoms with E-state index in [1.54, 1.807) is 4.90 Å². The highest BCUT2D eigenvalue weighted by Gasteiger charge is 2.35. The van der Waals surface area contributed by atoms with Gasteiger partial charge in [0, 0.05) is 18.7 Å². The predicted molar refractivity (Wildman–Crippen MR) is 103 cm³/mol. The number of benzene rings is 2. The standard InChI is InChI=1S/C22H26N2O2/c1-15-7-5-6-8-18(15)19-20(25)23-13-14-24(19)21(26)16-9-11-17(12-10-16)22(2,3)4/h5-12,19H,13-14H2,1-4H3,(H,23,25). The molecule has 0 aliphatic carbocycles. The Labute approximate surface area is 155 Å². The molecule has 26 heavy (non-hydrogen) atoms. The summed E-state index contributed by atoms with van der Waals surface area (Å²) in [7, 11) is 0. The lowest BCUT2D eigenvalue weighted by Gasteiger charge is -2.36. The molecule has 1 N–H and O–H groups in total. The molecule has 0 saturated carbocycles. The number of rotatable bonds is 2. The second-order valence-electron chi connectivity index (χ2n) is 7.88. The van der Waals surface area contributed by atoms with Crippen molar-refractivity contribution in [3.05, 3.63) is 70.8 Å². The van der Waals surface area contributed by atoms with Gasteiger partial charge < -0.3 is 10.2 Å². The molecular formula is C22H26N2O2. The molecule has 1 unspecified atom stereocenters. The van der Waals surface area contributed by atoms with Gasteiger partial charge in [0.2, 0.25) is 5.91 Å². The van der Waals surface area contributed by atoms with Gasteiger partial charge in [-0.3, -0.25) is 9.59 Å². The summed E-state index contributed by atoms with van der Waals surface area (Å²) in [5.41, 5.74) is 3.72. The summed E-state index contributed by atoms with van der Waals surface area (Å²) >= 11 is 0. The summed E-state index contributed by atoms with van der Waals surface area (Å²) in [6.45, 7) is 9.39. The maximum Gasteiger partial charge on any atom is 0.254 e. The van der Waals surface area contributed by atoms with Crippen LogP contribution in [0.5, 0.6) is 0 Å². The van der Waals surface area contributed by atoms with E-state index in [0.717, 1.165) is 11.1 Å².